The minimum atomic E-state index is -0.149. The van der Waals surface area contributed by atoms with Crippen molar-refractivity contribution < 1.29 is 4.79 Å². The van der Waals surface area contributed by atoms with Crippen molar-refractivity contribution in [3.63, 3.8) is 0 Å². The summed E-state index contributed by atoms with van der Waals surface area (Å²) in [6, 6.07) is 7.15. The Hall–Kier alpha value is -2.57. The van der Waals surface area contributed by atoms with E-state index in [4.69, 9.17) is 17.2 Å². The molecule has 0 saturated heterocycles. The topological polar surface area (TPSA) is 132 Å². The molecule has 7 N–H and O–H groups in total. The van der Waals surface area contributed by atoms with Crippen LogP contribution in [-0.4, -0.2) is 17.8 Å². The van der Waals surface area contributed by atoms with Crippen molar-refractivity contribution >= 4 is 23.5 Å². The summed E-state index contributed by atoms with van der Waals surface area (Å²) in [5.41, 5.74) is 17.5. The Morgan fingerprint density at radius 3 is 2.58 bits per heavy atom. The number of nitrogens with zero attached hydrogens (tertiary/aromatic N) is 2. The average Bonchev–Trinajstić information content (AvgIpc) is 2.27. The van der Waals surface area contributed by atoms with Gasteiger partial charge in [0.2, 0.25) is 11.9 Å². The minimum absolute atomic E-state index is 0.0238. The first-order chi connectivity index (χ1) is 8.88. The molecule has 0 aliphatic heterocycles. The van der Waals surface area contributed by atoms with Crippen molar-refractivity contribution in [2.24, 2.45) is 27.2 Å². The van der Waals surface area contributed by atoms with Crippen LogP contribution in [0.25, 0.3) is 0 Å². The van der Waals surface area contributed by atoms with Crippen molar-refractivity contribution in [2.45, 2.75) is 19.9 Å². The predicted octanol–water partition coefficient (Wildman–Crippen LogP) is 0.103. The van der Waals surface area contributed by atoms with E-state index >= 15 is 0 Å². The molecule has 0 aliphatic carbocycles. The summed E-state index contributed by atoms with van der Waals surface area (Å²) in [5, 5.41) is 2.79. The van der Waals surface area contributed by atoms with Gasteiger partial charge < -0.3 is 22.5 Å². The lowest BCUT2D eigenvalue weighted by Gasteiger charge is -2.13. The Balaban J connectivity index is 2.94. The van der Waals surface area contributed by atoms with Gasteiger partial charge >= 0.3 is 0 Å². The first-order valence-electron chi connectivity index (χ1n) is 5.69. The van der Waals surface area contributed by atoms with Gasteiger partial charge in [-0.15, -0.1) is 0 Å². The fourth-order valence-corrected chi connectivity index (χ4v) is 1.54. The molecule has 0 aliphatic rings. The van der Waals surface area contributed by atoms with Gasteiger partial charge in [0.1, 0.15) is 0 Å². The molecule has 0 spiro atoms. The molecule has 0 aromatic heterocycles. The Kier molecular flexibility index (Phi) is 4.87. The summed E-state index contributed by atoms with van der Waals surface area (Å²) < 4.78 is 0. The number of aliphatic imine (C=N–C) groups is 2. The van der Waals surface area contributed by atoms with Crippen LogP contribution in [-0.2, 0) is 4.79 Å². The quantitative estimate of drug-likeness (QED) is 0.454. The molecule has 0 radical (unpaired) electrons. The number of nitrogens with two attached hydrogens (primary N) is 3. The van der Waals surface area contributed by atoms with Crippen LogP contribution in [0.2, 0.25) is 0 Å². The van der Waals surface area contributed by atoms with Crippen molar-refractivity contribution in [1.82, 2.24) is 5.32 Å². The maximum absolute atomic E-state index is 11.0. The fourth-order valence-electron chi connectivity index (χ4n) is 1.54. The number of hydrogen-bond acceptors (Lipinski definition) is 2. The van der Waals surface area contributed by atoms with E-state index in [9.17, 15) is 4.79 Å². The lowest BCUT2D eigenvalue weighted by atomic mass is 10.1. The highest BCUT2D eigenvalue weighted by molar-refractivity contribution is 5.93. The summed E-state index contributed by atoms with van der Waals surface area (Å²) in [6.45, 7) is 3.35. The van der Waals surface area contributed by atoms with Gasteiger partial charge in [-0.1, -0.05) is 12.1 Å². The van der Waals surface area contributed by atoms with Gasteiger partial charge in [-0.3, -0.25) is 4.79 Å². The highest BCUT2D eigenvalue weighted by Crippen LogP contribution is 2.19. The number of carbonyl (C=O) groups is 1. The van der Waals surface area contributed by atoms with Crippen LogP contribution >= 0.6 is 0 Å². The van der Waals surface area contributed by atoms with Gasteiger partial charge in [-0.05, 0) is 24.6 Å². The van der Waals surface area contributed by atoms with Gasteiger partial charge in [-0.25, -0.2) is 4.99 Å². The SMILES string of the molecule is CC(=O)NC(C)c1cccc(N=C(N)N=C(N)N)c1. The average molecular weight is 262 g/mol. The number of hydrogen-bond donors (Lipinski definition) is 4. The molecule has 19 heavy (non-hydrogen) atoms. The highest BCUT2D eigenvalue weighted by Gasteiger charge is 2.06. The molecule has 0 bridgehead atoms. The largest absolute Gasteiger partial charge is 0.370 e. The standard InChI is InChI=1S/C12H18N6O/c1-7(16-8(2)19)9-4-3-5-10(6-9)17-12(15)18-11(13)14/h3-7H,1-2H3,(H,16,19)(H6,13,14,15,17,18). The molecule has 7 heteroatoms. The third-order valence-electron chi connectivity index (χ3n) is 2.28. The van der Waals surface area contributed by atoms with Gasteiger partial charge in [0.05, 0.1) is 11.7 Å². The fraction of sp³-hybridized carbons (Fsp3) is 0.250. The van der Waals surface area contributed by atoms with Crippen LogP contribution < -0.4 is 22.5 Å². The molecule has 0 heterocycles. The summed E-state index contributed by atoms with van der Waals surface area (Å²) in [5.74, 6) is -0.269. The molecule has 1 rings (SSSR count). The van der Waals surface area contributed by atoms with Crippen LogP contribution in [0.15, 0.2) is 34.3 Å². The Labute approximate surface area is 111 Å². The highest BCUT2D eigenvalue weighted by atomic mass is 16.1. The number of guanidine groups is 2. The second-order valence-electron chi connectivity index (χ2n) is 4.02. The first-order valence-corrected chi connectivity index (χ1v) is 5.69. The van der Waals surface area contributed by atoms with E-state index in [0.717, 1.165) is 5.56 Å². The second kappa shape index (κ2) is 6.39. The molecule has 1 aromatic rings. The smallest absolute Gasteiger partial charge is 0.223 e. The lowest BCUT2D eigenvalue weighted by Crippen LogP contribution is -2.26. The molecular formula is C12H18N6O. The number of nitrogens with one attached hydrogen (secondary N) is 1. The first kappa shape index (κ1) is 14.5. The minimum Gasteiger partial charge on any atom is -0.370 e. The molecular weight excluding hydrogens is 244 g/mol. The van der Waals surface area contributed by atoms with E-state index in [1.54, 1.807) is 12.1 Å². The molecule has 102 valence electrons. The van der Waals surface area contributed by atoms with E-state index in [0.29, 0.717) is 5.69 Å². The summed E-state index contributed by atoms with van der Waals surface area (Å²) in [6.07, 6.45) is 0. The van der Waals surface area contributed by atoms with Gasteiger partial charge in [-0.2, -0.15) is 4.99 Å². The van der Waals surface area contributed by atoms with Crippen LogP contribution in [0.3, 0.4) is 0 Å². The van der Waals surface area contributed by atoms with E-state index in [2.05, 4.69) is 15.3 Å². The summed E-state index contributed by atoms with van der Waals surface area (Å²) >= 11 is 0. The Morgan fingerprint density at radius 2 is 2.00 bits per heavy atom. The number of carbonyl (C=O) groups excluding carboxylic acids is 1. The van der Waals surface area contributed by atoms with Crippen molar-refractivity contribution in [1.29, 1.82) is 0 Å². The maximum Gasteiger partial charge on any atom is 0.223 e. The van der Waals surface area contributed by atoms with Gasteiger partial charge in [0.25, 0.3) is 0 Å². The van der Waals surface area contributed by atoms with Crippen LogP contribution in [0.4, 0.5) is 5.69 Å². The van der Waals surface area contributed by atoms with Gasteiger partial charge in [0.15, 0.2) is 5.96 Å². The van der Waals surface area contributed by atoms with Crippen molar-refractivity contribution in [3.05, 3.63) is 29.8 Å². The van der Waals surface area contributed by atoms with E-state index in [1.807, 2.05) is 19.1 Å². The predicted molar refractivity (Wildman–Crippen MR) is 75.8 cm³/mol. The van der Waals surface area contributed by atoms with Crippen LogP contribution in [0.1, 0.15) is 25.5 Å². The number of benzene rings is 1. The van der Waals surface area contributed by atoms with E-state index in [-0.39, 0.29) is 23.9 Å². The molecule has 1 unspecified atom stereocenters. The Morgan fingerprint density at radius 1 is 1.32 bits per heavy atom. The van der Waals surface area contributed by atoms with E-state index in [1.165, 1.54) is 6.92 Å². The summed E-state index contributed by atoms with van der Waals surface area (Å²) in [7, 11) is 0. The van der Waals surface area contributed by atoms with Crippen LogP contribution in [0.5, 0.6) is 0 Å². The third-order valence-corrected chi connectivity index (χ3v) is 2.28. The molecule has 1 atom stereocenters. The summed E-state index contributed by atoms with van der Waals surface area (Å²) in [4.78, 5) is 18.7. The molecule has 0 fully saturated rings. The monoisotopic (exact) mass is 262 g/mol. The molecule has 1 aromatic carbocycles. The van der Waals surface area contributed by atoms with Crippen molar-refractivity contribution in [3.8, 4) is 0 Å². The molecule has 1 amide bonds. The molecule has 0 saturated carbocycles. The lowest BCUT2D eigenvalue weighted by molar-refractivity contribution is -0.119. The van der Waals surface area contributed by atoms with Crippen LogP contribution in [0, 0.1) is 0 Å². The maximum atomic E-state index is 11.0. The zero-order chi connectivity index (χ0) is 14.4. The van der Waals surface area contributed by atoms with E-state index < -0.39 is 0 Å². The number of rotatable bonds is 3. The third kappa shape index (κ3) is 5.07. The van der Waals surface area contributed by atoms with Gasteiger partial charge in [0, 0.05) is 6.92 Å². The van der Waals surface area contributed by atoms with Crippen molar-refractivity contribution in [2.75, 3.05) is 0 Å². The zero-order valence-corrected chi connectivity index (χ0v) is 10.9. The molecule has 7 nitrogen and oxygen atoms in total. The number of amides is 1. The Bertz CT molecular complexity index is 519. The normalized spacial score (nSPS) is 12.6. The zero-order valence-electron chi connectivity index (χ0n) is 10.9. The second-order valence-corrected chi connectivity index (χ2v) is 4.02.